The fourth-order valence-electron chi connectivity index (χ4n) is 1.05. The monoisotopic (exact) mass is 275 g/mol. The second-order valence-corrected chi connectivity index (χ2v) is 3.83. The smallest absolute Gasteiger partial charge is 0.159 e. The van der Waals surface area contributed by atoms with Crippen LogP contribution in [0.4, 0.5) is 5.82 Å². The minimum atomic E-state index is -0.184. The molecule has 84 valence electrons. The maximum atomic E-state index is 5.74. The predicted octanol–water partition coefficient (Wildman–Crippen LogP) is 1.68. The largest absolute Gasteiger partial charge is 0.383 e. The van der Waals surface area contributed by atoms with Crippen molar-refractivity contribution in [2.24, 2.45) is 0 Å². The molecule has 0 fully saturated rings. The second kappa shape index (κ2) is 5.39. The molecule has 0 bridgehead atoms. The van der Waals surface area contributed by atoms with Gasteiger partial charge in [0.25, 0.3) is 0 Å². The maximum Gasteiger partial charge on any atom is 0.159 e. The molecule has 1 rings (SSSR count). The number of hydrogen-bond acceptors (Lipinski definition) is 5. The van der Waals surface area contributed by atoms with E-state index in [0.29, 0.717) is 22.7 Å². The molecule has 0 saturated heterocycles. The summed E-state index contributed by atoms with van der Waals surface area (Å²) in [5.74, 6) is 0.959. The number of halogens is 1. The number of rotatable bonds is 4. The Hall–Kier alpha value is -0.720. The van der Waals surface area contributed by atoms with E-state index >= 15 is 0 Å². The van der Waals surface area contributed by atoms with Crippen molar-refractivity contribution in [2.75, 3.05) is 20.0 Å². The first-order valence-electron chi connectivity index (χ1n) is 4.43. The van der Waals surface area contributed by atoms with Crippen molar-refractivity contribution in [1.29, 1.82) is 0 Å². The molecular formula is C9H14BrN3O2. The SMILES string of the molecule is COCc1nc(C(C)OC)nc(N)c1Br. The average Bonchev–Trinajstić information content (AvgIpc) is 2.23. The Morgan fingerprint density at radius 1 is 1.40 bits per heavy atom. The number of anilines is 1. The van der Waals surface area contributed by atoms with E-state index in [1.807, 2.05) is 6.92 Å². The lowest BCUT2D eigenvalue weighted by atomic mass is 10.3. The van der Waals surface area contributed by atoms with E-state index < -0.39 is 0 Å². The van der Waals surface area contributed by atoms with Crippen molar-refractivity contribution in [1.82, 2.24) is 9.97 Å². The third kappa shape index (κ3) is 2.87. The van der Waals surface area contributed by atoms with Gasteiger partial charge in [0.1, 0.15) is 11.9 Å². The van der Waals surface area contributed by atoms with Crippen LogP contribution in [0.3, 0.4) is 0 Å². The van der Waals surface area contributed by atoms with Crippen LogP contribution in [0, 0.1) is 0 Å². The number of hydrogen-bond donors (Lipinski definition) is 1. The Kier molecular flexibility index (Phi) is 4.44. The number of methoxy groups -OCH3 is 2. The minimum Gasteiger partial charge on any atom is -0.383 e. The molecule has 1 heterocycles. The number of nitrogens with two attached hydrogens (primary N) is 1. The van der Waals surface area contributed by atoms with Gasteiger partial charge in [-0.3, -0.25) is 0 Å². The summed E-state index contributed by atoms with van der Waals surface area (Å²) in [6.45, 7) is 2.25. The standard InChI is InChI=1S/C9H14BrN3O2/c1-5(15-3)9-12-6(4-14-2)7(10)8(11)13-9/h5H,4H2,1-3H3,(H2,11,12,13). The number of nitrogen functional groups attached to an aromatic ring is 1. The first kappa shape index (κ1) is 12.4. The van der Waals surface area contributed by atoms with Crippen LogP contribution < -0.4 is 5.73 Å². The maximum absolute atomic E-state index is 5.74. The molecule has 1 aromatic rings. The minimum absolute atomic E-state index is 0.184. The van der Waals surface area contributed by atoms with E-state index in [1.54, 1.807) is 14.2 Å². The van der Waals surface area contributed by atoms with E-state index in [2.05, 4.69) is 25.9 Å². The molecule has 6 heteroatoms. The van der Waals surface area contributed by atoms with Gasteiger partial charge in [-0.25, -0.2) is 9.97 Å². The van der Waals surface area contributed by atoms with Crippen molar-refractivity contribution in [3.63, 3.8) is 0 Å². The average molecular weight is 276 g/mol. The van der Waals surface area contributed by atoms with Crippen molar-refractivity contribution in [3.05, 3.63) is 16.0 Å². The molecule has 0 amide bonds. The van der Waals surface area contributed by atoms with E-state index in [1.165, 1.54) is 0 Å². The van der Waals surface area contributed by atoms with Gasteiger partial charge in [0, 0.05) is 14.2 Å². The summed E-state index contributed by atoms with van der Waals surface area (Å²) in [6.07, 6.45) is -0.184. The van der Waals surface area contributed by atoms with Gasteiger partial charge in [-0.2, -0.15) is 0 Å². The summed E-state index contributed by atoms with van der Waals surface area (Å²) in [5.41, 5.74) is 6.46. The van der Waals surface area contributed by atoms with Gasteiger partial charge in [0.05, 0.1) is 16.8 Å². The highest BCUT2D eigenvalue weighted by Gasteiger charge is 2.14. The van der Waals surface area contributed by atoms with Crippen LogP contribution in [-0.2, 0) is 16.1 Å². The van der Waals surface area contributed by atoms with E-state index in [0.717, 1.165) is 5.69 Å². The summed E-state index contributed by atoms with van der Waals surface area (Å²) in [5, 5.41) is 0. The fraction of sp³-hybridized carbons (Fsp3) is 0.556. The van der Waals surface area contributed by atoms with Gasteiger partial charge in [0.15, 0.2) is 5.82 Å². The quantitative estimate of drug-likeness (QED) is 0.905. The summed E-state index contributed by atoms with van der Waals surface area (Å²) < 4.78 is 10.8. The second-order valence-electron chi connectivity index (χ2n) is 3.04. The highest BCUT2D eigenvalue weighted by Crippen LogP contribution is 2.24. The molecule has 0 aliphatic carbocycles. The molecule has 1 atom stereocenters. The summed E-state index contributed by atoms with van der Waals surface area (Å²) in [4.78, 5) is 8.43. The molecule has 0 aromatic carbocycles. The zero-order valence-electron chi connectivity index (χ0n) is 8.95. The Morgan fingerprint density at radius 3 is 2.60 bits per heavy atom. The van der Waals surface area contributed by atoms with E-state index in [4.69, 9.17) is 15.2 Å². The zero-order valence-corrected chi connectivity index (χ0v) is 10.5. The molecule has 15 heavy (non-hydrogen) atoms. The Labute approximate surface area is 97.1 Å². The van der Waals surface area contributed by atoms with Gasteiger partial charge in [-0.15, -0.1) is 0 Å². The van der Waals surface area contributed by atoms with Crippen molar-refractivity contribution < 1.29 is 9.47 Å². The lowest BCUT2D eigenvalue weighted by molar-refractivity contribution is 0.111. The van der Waals surface area contributed by atoms with Crippen LogP contribution in [-0.4, -0.2) is 24.2 Å². The fourth-order valence-corrected chi connectivity index (χ4v) is 1.34. The predicted molar refractivity (Wildman–Crippen MR) is 60.3 cm³/mol. The van der Waals surface area contributed by atoms with Crippen LogP contribution in [0.15, 0.2) is 4.47 Å². The van der Waals surface area contributed by atoms with Gasteiger partial charge < -0.3 is 15.2 Å². The lowest BCUT2D eigenvalue weighted by Gasteiger charge is -2.12. The number of ether oxygens (including phenoxy) is 2. The number of nitrogens with zero attached hydrogens (tertiary/aromatic N) is 2. The molecular weight excluding hydrogens is 262 g/mol. The van der Waals surface area contributed by atoms with E-state index in [9.17, 15) is 0 Å². The summed E-state index contributed by atoms with van der Waals surface area (Å²) in [6, 6.07) is 0. The first-order chi connectivity index (χ1) is 7.10. The van der Waals surface area contributed by atoms with Crippen LogP contribution in [0.1, 0.15) is 24.5 Å². The lowest BCUT2D eigenvalue weighted by Crippen LogP contribution is -2.09. The molecule has 0 saturated carbocycles. The molecule has 5 nitrogen and oxygen atoms in total. The summed E-state index contributed by atoms with van der Waals surface area (Å²) >= 11 is 3.32. The normalized spacial score (nSPS) is 12.8. The zero-order chi connectivity index (χ0) is 11.4. The molecule has 0 radical (unpaired) electrons. The molecule has 1 aromatic heterocycles. The number of aromatic nitrogens is 2. The molecule has 1 unspecified atom stereocenters. The van der Waals surface area contributed by atoms with Crippen LogP contribution in [0.2, 0.25) is 0 Å². The van der Waals surface area contributed by atoms with Crippen LogP contribution in [0.25, 0.3) is 0 Å². The first-order valence-corrected chi connectivity index (χ1v) is 5.23. The van der Waals surface area contributed by atoms with Gasteiger partial charge in [-0.1, -0.05) is 0 Å². The third-order valence-electron chi connectivity index (χ3n) is 1.96. The Morgan fingerprint density at radius 2 is 2.07 bits per heavy atom. The van der Waals surface area contributed by atoms with Crippen molar-refractivity contribution in [3.8, 4) is 0 Å². The third-order valence-corrected chi connectivity index (χ3v) is 2.82. The van der Waals surface area contributed by atoms with Gasteiger partial charge in [-0.05, 0) is 22.9 Å². The van der Waals surface area contributed by atoms with Crippen molar-refractivity contribution in [2.45, 2.75) is 19.6 Å². The van der Waals surface area contributed by atoms with Gasteiger partial charge >= 0.3 is 0 Å². The van der Waals surface area contributed by atoms with Crippen molar-refractivity contribution >= 4 is 21.7 Å². The highest BCUT2D eigenvalue weighted by molar-refractivity contribution is 9.10. The molecule has 0 aliphatic rings. The Bertz CT molecular complexity index is 346. The van der Waals surface area contributed by atoms with Gasteiger partial charge in [0.2, 0.25) is 0 Å². The molecule has 0 aliphatic heterocycles. The van der Waals surface area contributed by atoms with E-state index in [-0.39, 0.29) is 6.10 Å². The van der Waals surface area contributed by atoms with Crippen LogP contribution >= 0.6 is 15.9 Å². The summed E-state index contributed by atoms with van der Waals surface area (Å²) in [7, 11) is 3.20. The Balaban J connectivity index is 3.11. The topological polar surface area (TPSA) is 70.3 Å². The molecule has 0 spiro atoms. The van der Waals surface area contributed by atoms with Crippen LogP contribution in [0.5, 0.6) is 0 Å². The highest BCUT2D eigenvalue weighted by atomic mass is 79.9. The molecule has 2 N–H and O–H groups in total.